The third-order valence-electron chi connectivity index (χ3n) is 6.88. The molecular weight excluding hydrogens is 388 g/mol. The number of ether oxygens (including phenoxy) is 5. The van der Waals surface area contributed by atoms with Crippen LogP contribution in [0, 0.1) is 5.92 Å². The van der Waals surface area contributed by atoms with Crippen LogP contribution in [0.25, 0.3) is 0 Å². The van der Waals surface area contributed by atoms with Gasteiger partial charge in [-0.25, -0.2) is 0 Å². The van der Waals surface area contributed by atoms with Gasteiger partial charge >= 0.3 is 0 Å². The van der Waals surface area contributed by atoms with E-state index in [9.17, 15) is 10.2 Å². The van der Waals surface area contributed by atoms with Crippen LogP contribution < -0.4 is 14.2 Å². The lowest BCUT2D eigenvalue weighted by molar-refractivity contribution is -0.188. The molecule has 1 aromatic rings. The Morgan fingerprint density at radius 2 is 1.60 bits per heavy atom. The minimum absolute atomic E-state index is 0.239. The average molecular weight is 421 g/mol. The number of methoxy groups -OCH3 is 5. The van der Waals surface area contributed by atoms with Crippen LogP contribution in [0.5, 0.6) is 17.2 Å². The molecule has 1 saturated carbocycles. The van der Waals surface area contributed by atoms with Crippen LogP contribution in [0.1, 0.15) is 24.8 Å². The van der Waals surface area contributed by atoms with Gasteiger partial charge in [-0.1, -0.05) is 13.0 Å². The molecule has 0 amide bonds. The van der Waals surface area contributed by atoms with E-state index in [4.69, 9.17) is 23.7 Å². The maximum atomic E-state index is 11.5. The number of benzene rings is 1. The second-order valence-corrected chi connectivity index (χ2v) is 7.86. The molecule has 2 aliphatic carbocycles. The Kier molecular flexibility index (Phi) is 6.20. The number of hydrogen-bond donors (Lipinski definition) is 2. The van der Waals surface area contributed by atoms with Crippen LogP contribution in [0.15, 0.2) is 36.4 Å². The molecule has 30 heavy (non-hydrogen) atoms. The summed E-state index contributed by atoms with van der Waals surface area (Å²) in [7, 11) is 7.71. The fourth-order valence-electron chi connectivity index (χ4n) is 5.49. The zero-order valence-corrected chi connectivity index (χ0v) is 18.5. The van der Waals surface area contributed by atoms with Crippen LogP contribution in [-0.4, -0.2) is 69.2 Å². The molecule has 0 spiro atoms. The smallest absolute Gasteiger partial charge is 0.203 e. The van der Waals surface area contributed by atoms with Gasteiger partial charge in [0.2, 0.25) is 5.75 Å². The minimum atomic E-state index is -1.33. The van der Waals surface area contributed by atoms with Crippen molar-refractivity contribution >= 4 is 0 Å². The molecule has 2 aliphatic rings. The molecule has 1 fully saturated rings. The van der Waals surface area contributed by atoms with Crippen molar-refractivity contribution in [1.82, 2.24) is 0 Å². The highest BCUT2D eigenvalue weighted by Gasteiger charge is 2.72. The number of aliphatic hydroxyl groups excluding tert-OH is 2. The number of allylic oxidation sites excluding steroid dienone is 1. The molecule has 0 heterocycles. The van der Waals surface area contributed by atoms with Gasteiger partial charge in [-0.3, -0.25) is 0 Å². The Morgan fingerprint density at radius 1 is 1.00 bits per heavy atom. The van der Waals surface area contributed by atoms with Gasteiger partial charge in [0.05, 0.1) is 21.3 Å². The van der Waals surface area contributed by atoms with Crippen molar-refractivity contribution in [2.75, 3.05) is 35.5 Å². The zero-order valence-electron chi connectivity index (χ0n) is 18.5. The largest absolute Gasteiger partial charge is 0.493 e. The molecule has 1 aromatic carbocycles. The predicted octanol–water partition coefficient (Wildman–Crippen LogP) is 2.45. The molecule has 0 aliphatic heterocycles. The first kappa shape index (κ1) is 22.6. The predicted molar refractivity (Wildman–Crippen MR) is 112 cm³/mol. The molecule has 3 rings (SSSR count). The van der Waals surface area contributed by atoms with Gasteiger partial charge in [0, 0.05) is 26.1 Å². The van der Waals surface area contributed by atoms with E-state index in [0.717, 1.165) is 5.56 Å². The number of hydrogen-bond acceptors (Lipinski definition) is 7. The minimum Gasteiger partial charge on any atom is -0.493 e. The monoisotopic (exact) mass is 420 g/mol. The van der Waals surface area contributed by atoms with E-state index in [1.807, 2.05) is 25.1 Å². The summed E-state index contributed by atoms with van der Waals surface area (Å²) < 4.78 is 28.4. The van der Waals surface area contributed by atoms with E-state index in [2.05, 4.69) is 6.58 Å². The lowest BCUT2D eigenvalue weighted by Gasteiger charge is -2.46. The van der Waals surface area contributed by atoms with Gasteiger partial charge < -0.3 is 33.9 Å². The Labute approximate surface area is 177 Å². The molecule has 166 valence electrons. The van der Waals surface area contributed by atoms with Crippen molar-refractivity contribution in [3.05, 3.63) is 42.0 Å². The van der Waals surface area contributed by atoms with Crippen LogP contribution in [0.3, 0.4) is 0 Å². The Morgan fingerprint density at radius 3 is 2.03 bits per heavy atom. The van der Waals surface area contributed by atoms with Gasteiger partial charge in [0.25, 0.3) is 0 Å². The third-order valence-corrected chi connectivity index (χ3v) is 6.88. The number of aliphatic hydroxyl groups is 2. The summed E-state index contributed by atoms with van der Waals surface area (Å²) in [6, 6.07) is 3.67. The summed E-state index contributed by atoms with van der Waals surface area (Å²) in [5.74, 6) is 0.775. The molecule has 0 aromatic heterocycles. The second-order valence-electron chi connectivity index (χ2n) is 7.86. The standard InChI is InChI=1S/C23H32O7/c1-8-9-14-12-22(29-6)13(2)18(23(30-7,20(14)24)21(22)25)15-10-16(26-3)19(28-5)17(11-15)27-4/h8,10-13,18,20-21,24-25H,1,9H2,2-7H3/t13-,18+,20+,21+,22+,23+/m0/s1. The summed E-state index contributed by atoms with van der Waals surface area (Å²) >= 11 is 0. The summed E-state index contributed by atoms with van der Waals surface area (Å²) in [6.45, 7) is 5.78. The van der Waals surface area contributed by atoms with Crippen LogP contribution in [-0.2, 0) is 9.47 Å². The lowest BCUT2D eigenvalue weighted by Crippen LogP contribution is -2.62. The molecule has 7 heteroatoms. The highest BCUT2D eigenvalue weighted by atomic mass is 16.5. The van der Waals surface area contributed by atoms with E-state index in [1.165, 1.54) is 7.11 Å². The molecule has 6 atom stereocenters. The molecule has 2 N–H and O–H groups in total. The van der Waals surface area contributed by atoms with E-state index in [1.54, 1.807) is 34.5 Å². The zero-order chi connectivity index (χ0) is 22.3. The number of fused-ring (bicyclic) bond motifs is 2. The highest BCUT2D eigenvalue weighted by Crippen LogP contribution is 2.62. The molecule has 2 bridgehead atoms. The van der Waals surface area contributed by atoms with Gasteiger partial charge in [-0.15, -0.1) is 6.58 Å². The quantitative estimate of drug-likeness (QED) is 0.625. The van der Waals surface area contributed by atoms with Crippen molar-refractivity contribution in [1.29, 1.82) is 0 Å². The molecular formula is C23H32O7. The van der Waals surface area contributed by atoms with Crippen molar-refractivity contribution in [2.24, 2.45) is 5.92 Å². The lowest BCUT2D eigenvalue weighted by atomic mass is 9.73. The average Bonchev–Trinajstić information content (AvgIpc) is 2.90. The van der Waals surface area contributed by atoms with E-state index >= 15 is 0 Å². The summed E-state index contributed by atoms with van der Waals surface area (Å²) in [5.41, 5.74) is -0.865. The summed E-state index contributed by atoms with van der Waals surface area (Å²) in [4.78, 5) is 0. The number of rotatable bonds is 8. The Hall–Kier alpha value is -2.06. The maximum absolute atomic E-state index is 11.5. The first-order chi connectivity index (χ1) is 14.3. The van der Waals surface area contributed by atoms with E-state index in [0.29, 0.717) is 29.2 Å². The van der Waals surface area contributed by atoms with Crippen LogP contribution in [0.2, 0.25) is 0 Å². The molecule has 0 saturated heterocycles. The highest BCUT2D eigenvalue weighted by molar-refractivity contribution is 5.56. The van der Waals surface area contributed by atoms with Crippen molar-refractivity contribution in [2.45, 2.75) is 42.7 Å². The fraction of sp³-hybridized carbons (Fsp3) is 0.565. The van der Waals surface area contributed by atoms with Gasteiger partial charge in [0.1, 0.15) is 23.4 Å². The van der Waals surface area contributed by atoms with E-state index in [-0.39, 0.29) is 5.92 Å². The van der Waals surface area contributed by atoms with E-state index < -0.39 is 29.3 Å². The topological polar surface area (TPSA) is 86.6 Å². The normalized spacial score (nSPS) is 35.0. The first-order valence-electron chi connectivity index (χ1n) is 9.91. The van der Waals surface area contributed by atoms with Crippen molar-refractivity contribution < 1.29 is 33.9 Å². The molecule has 7 nitrogen and oxygen atoms in total. The van der Waals surface area contributed by atoms with Gasteiger partial charge in [0.15, 0.2) is 11.5 Å². The van der Waals surface area contributed by atoms with Crippen LogP contribution in [0.4, 0.5) is 0 Å². The van der Waals surface area contributed by atoms with Crippen LogP contribution >= 0.6 is 0 Å². The van der Waals surface area contributed by atoms with Gasteiger partial charge in [-0.2, -0.15) is 0 Å². The fourth-order valence-corrected chi connectivity index (χ4v) is 5.49. The second kappa shape index (κ2) is 8.23. The molecule has 0 unspecified atom stereocenters. The summed E-state index contributed by atoms with van der Waals surface area (Å²) in [6.07, 6.45) is 1.87. The molecule has 0 radical (unpaired) electrons. The van der Waals surface area contributed by atoms with Crippen molar-refractivity contribution in [3.8, 4) is 17.2 Å². The Balaban J connectivity index is 2.28. The maximum Gasteiger partial charge on any atom is 0.203 e. The third kappa shape index (κ3) is 2.80. The first-order valence-corrected chi connectivity index (χ1v) is 9.91. The SMILES string of the molecule is C=CCC1=C[C@]2(OC)[C@@H](O)[C@](OC)([C@@H]1O)[C@@H](c1cc(OC)c(OC)c(OC)c1)[C@@H]2C. The Bertz CT molecular complexity index is 810. The summed E-state index contributed by atoms with van der Waals surface area (Å²) in [5, 5.41) is 22.8. The van der Waals surface area contributed by atoms with Gasteiger partial charge in [-0.05, 0) is 35.8 Å². The van der Waals surface area contributed by atoms with Crippen molar-refractivity contribution in [3.63, 3.8) is 0 Å².